The molecule has 0 aromatic carbocycles. The molecule has 0 amide bonds. The first kappa shape index (κ1) is 9.17. The monoisotopic (exact) mass is 164 g/mol. The summed E-state index contributed by atoms with van der Waals surface area (Å²) in [6.45, 7) is 8.66. The average molecular weight is 164 g/mol. The van der Waals surface area contributed by atoms with Gasteiger partial charge in [-0.3, -0.25) is 0 Å². The molecule has 0 saturated carbocycles. The van der Waals surface area contributed by atoms with Gasteiger partial charge in [0.05, 0.1) is 5.69 Å². The van der Waals surface area contributed by atoms with Gasteiger partial charge in [-0.25, -0.2) is 9.97 Å². The van der Waals surface area contributed by atoms with E-state index in [0.29, 0.717) is 0 Å². The molecule has 1 aromatic heterocycles. The van der Waals surface area contributed by atoms with Gasteiger partial charge in [0.2, 0.25) is 0 Å². The fraction of sp³-hybridized carbons (Fsp3) is 0.600. The molecule has 0 spiro atoms. The quantitative estimate of drug-likeness (QED) is 0.636. The Balaban J connectivity index is 3.14. The van der Waals surface area contributed by atoms with Crippen LogP contribution >= 0.6 is 0 Å². The van der Waals surface area contributed by atoms with Crippen LogP contribution in [0, 0.1) is 0 Å². The molecule has 0 fully saturated rings. The molecule has 0 saturated heterocycles. The fourth-order valence-corrected chi connectivity index (χ4v) is 1.29. The van der Waals surface area contributed by atoms with Crippen molar-refractivity contribution in [2.75, 3.05) is 0 Å². The molecule has 1 aromatic rings. The molecule has 0 bridgehead atoms. The lowest BCUT2D eigenvalue weighted by atomic mass is 9.88. The van der Waals surface area contributed by atoms with Gasteiger partial charge in [0.25, 0.3) is 0 Å². The van der Waals surface area contributed by atoms with Crippen molar-refractivity contribution in [3.8, 4) is 0 Å². The minimum absolute atomic E-state index is 0.133. The molecule has 0 aliphatic heterocycles. The van der Waals surface area contributed by atoms with Crippen molar-refractivity contribution in [1.82, 2.24) is 9.97 Å². The molecule has 66 valence electrons. The Morgan fingerprint density at radius 2 is 2.00 bits per heavy atom. The van der Waals surface area contributed by atoms with Crippen molar-refractivity contribution >= 4 is 0 Å². The molecular weight excluding hydrogens is 148 g/mol. The van der Waals surface area contributed by atoms with Crippen LogP contribution in [0.3, 0.4) is 0 Å². The summed E-state index contributed by atoms with van der Waals surface area (Å²) in [6.07, 6.45) is 4.54. The molecule has 0 aliphatic rings. The topological polar surface area (TPSA) is 25.8 Å². The second-order valence-electron chi connectivity index (χ2n) is 4.00. The molecule has 1 rings (SSSR count). The van der Waals surface area contributed by atoms with E-state index >= 15 is 0 Å². The fourth-order valence-electron chi connectivity index (χ4n) is 1.29. The lowest BCUT2D eigenvalue weighted by Crippen LogP contribution is -2.16. The van der Waals surface area contributed by atoms with Gasteiger partial charge in [-0.2, -0.15) is 0 Å². The SMILES string of the molecule is CCc1cncnc1C(C)(C)C. The molecule has 0 atom stereocenters. The Morgan fingerprint density at radius 3 is 2.42 bits per heavy atom. The molecule has 1 heterocycles. The summed E-state index contributed by atoms with van der Waals surface area (Å²) in [5, 5.41) is 0. The number of hydrogen-bond acceptors (Lipinski definition) is 2. The van der Waals surface area contributed by atoms with E-state index in [-0.39, 0.29) is 5.41 Å². The van der Waals surface area contributed by atoms with Gasteiger partial charge < -0.3 is 0 Å². The molecule has 0 N–H and O–H groups in total. The number of aromatic nitrogens is 2. The maximum Gasteiger partial charge on any atom is 0.115 e. The summed E-state index contributed by atoms with van der Waals surface area (Å²) in [4.78, 5) is 8.33. The van der Waals surface area contributed by atoms with Crippen molar-refractivity contribution < 1.29 is 0 Å². The van der Waals surface area contributed by atoms with Gasteiger partial charge in [0, 0.05) is 11.6 Å². The maximum atomic E-state index is 4.31. The van der Waals surface area contributed by atoms with Gasteiger partial charge in [-0.15, -0.1) is 0 Å². The minimum atomic E-state index is 0.133. The van der Waals surface area contributed by atoms with Crippen LogP contribution in [0.2, 0.25) is 0 Å². The normalized spacial score (nSPS) is 11.7. The third kappa shape index (κ3) is 1.81. The standard InChI is InChI=1S/C10H16N2/c1-5-8-6-11-7-12-9(8)10(2,3)4/h6-7H,5H2,1-4H3. The molecule has 0 aliphatic carbocycles. The van der Waals surface area contributed by atoms with E-state index in [0.717, 1.165) is 6.42 Å². The van der Waals surface area contributed by atoms with Crippen LogP contribution < -0.4 is 0 Å². The number of rotatable bonds is 1. The minimum Gasteiger partial charge on any atom is -0.245 e. The molecule has 2 heteroatoms. The van der Waals surface area contributed by atoms with Crippen molar-refractivity contribution in [2.24, 2.45) is 0 Å². The summed E-state index contributed by atoms with van der Waals surface area (Å²) >= 11 is 0. The van der Waals surface area contributed by atoms with Crippen molar-refractivity contribution in [1.29, 1.82) is 0 Å². The van der Waals surface area contributed by atoms with Crippen LogP contribution in [0.5, 0.6) is 0 Å². The zero-order valence-electron chi connectivity index (χ0n) is 8.26. The molecule has 0 unspecified atom stereocenters. The summed E-state index contributed by atoms with van der Waals surface area (Å²) in [6, 6.07) is 0. The van der Waals surface area contributed by atoms with Crippen LogP contribution in [-0.2, 0) is 11.8 Å². The first-order valence-corrected chi connectivity index (χ1v) is 4.35. The van der Waals surface area contributed by atoms with E-state index in [1.54, 1.807) is 6.33 Å². The predicted octanol–water partition coefficient (Wildman–Crippen LogP) is 2.34. The number of nitrogens with zero attached hydrogens (tertiary/aromatic N) is 2. The van der Waals surface area contributed by atoms with Crippen LogP contribution in [0.1, 0.15) is 39.0 Å². The highest BCUT2D eigenvalue weighted by Gasteiger charge is 2.18. The Morgan fingerprint density at radius 1 is 1.33 bits per heavy atom. The van der Waals surface area contributed by atoms with Gasteiger partial charge >= 0.3 is 0 Å². The van der Waals surface area contributed by atoms with Gasteiger partial charge in [-0.1, -0.05) is 27.7 Å². The Hall–Kier alpha value is -0.920. The largest absolute Gasteiger partial charge is 0.245 e. The zero-order valence-corrected chi connectivity index (χ0v) is 8.26. The Kier molecular flexibility index (Phi) is 2.46. The van der Waals surface area contributed by atoms with E-state index in [4.69, 9.17) is 0 Å². The average Bonchev–Trinajstić information content (AvgIpc) is 2.03. The highest BCUT2D eigenvalue weighted by molar-refractivity contribution is 5.22. The number of aryl methyl sites for hydroxylation is 1. The van der Waals surface area contributed by atoms with Crippen LogP contribution in [0.15, 0.2) is 12.5 Å². The second-order valence-corrected chi connectivity index (χ2v) is 4.00. The van der Waals surface area contributed by atoms with E-state index < -0.39 is 0 Å². The lowest BCUT2D eigenvalue weighted by molar-refractivity contribution is 0.558. The van der Waals surface area contributed by atoms with E-state index in [2.05, 4.69) is 37.7 Å². The van der Waals surface area contributed by atoms with Gasteiger partial charge in [0.1, 0.15) is 6.33 Å². The van der Waals surface area contributed by atoms with Crippen molar-refractivity contribution in [3.63, 3.8) is 0 Å². The predicted molar refractivity (Wildman–Crippen MR) is 50.1 cm³/mol. The third-order valence-corrected chi connectivity index (χ3v) is 1.88. The number of hydrogen-bond donors (Lipinski definition) is 0. The zero-order chi connectivity index (χ0) is 9.19. The first-order valence-electron chi connectivity index (χ1n) is 4.35. The van der Waals surface area contributed by atoms with Crippen molar-refractivity contribution in [3.05, 3.63) is 23.8 Å². The third-order valence-electron chi connectivity index (χ3n) is 1.88. The van der Waals surface area contributed by atoms with Crippen LogP contribution in [0.25, 0.3) is 0 Å². The molecule has 0 radical (unpaired) electrons. The molecule has 12 heavy (non-hydrogen) atoms. The van der Waals surface area contributed by atoms with Crippen LogP contribution in [-0.4, -0.2) is 9.97 Å². The first-order chi connectivity index (χ1) is 5.55. The van der Waals surface area contributed by atoms with E-state index in [1.165, 1.54) is 11.3 Å². The summed E-state index contributed by atoms with van der Waals surface area (Å²) < 4.78 is 0. The lowest BCUT2D eigenvalue weighted by Gasteiger charge is -2.19. The summed E-state index contributed by atoms with van der Waals surface area (Å²) in [7, 11) is 0. The molecule has 2 nitrogen and oxygen atoms in total. The van der Waals surface area contributed by atoms with Gasteiger partial charge in [-0.05, 0) is 12.0 Å². The smallest absolute Gasteiger partial charge is 0.115 e. The van der Waals surface area contributed by atoms with Crippen molar-refractivity contribution in [2.45, 2.75) is 39.5 Å². The highest BCUT2D eigenvalue weighted by Crippen LogP contribution is 2.22. The highest BCUT2D eigenvalue weighted by atomic mass is 14.8. The Labute approximate surface area is 74.1 Å². The van der Waals surface area contributed by atoms with E-state index in [1.807, 2.05) is 6.20 Å². The van der Waals surface area contributed by atoms with E-state index in [9.17, 15) is 0 Å². The molecular formula is C10H16N2. The summed E-state index contributed by atoms with van der Waals surface area (Å²) in [5.74, 6) is 0. The van der Waals surface area contributed by atoms with Gasteiger partial charge in [0.15, 0.2) is 0 Å². The summed E-state index contributed by atoms with van der Waals surface area (Å²) in [5.41, 5.74) is 2.55. The van der Waals surface area contributed by atoms with Crippen LogP contribution in [0.4, 0.5) is 0 Å². The second kappa shape index (κ2) is 3.21. The maximum absolute atomic E-state index is 4.31. The Bertz CT molecular complexity index is 261.